The van der Waals surface area contributed by atoms with Crippen LogP contribution < -0.4 is 0 Å². The third-order valence-corrected chi connectivity index (χ3v) is 5.46. The van der Waals surface area contributed by atoms with Crippen LogP contribution in [0.5, 0.6) is 0 Å². The normalized spacial score (nSPS) is 14.2. The number of hydrogen-bond acceptors (Lipinski definition) is 3. The minimum atomic E-state index is 0.0159. The number of aryl methyl sites for hydroxylation is 2. The molecule has 5 nitrogen and oxygen atoms in total. The van der Waals surface area contributed by atoms with E-state index in [1.807, 2.05) is 40.8 Å². The Kier molecular flexibility index (Phi) is 4.72. The van der Waals surface area contributed by atoms with Crippen molar-refractivity contribution in [2.45, 2.75) is 39.7 Å². The van der Waals surface area contributed by atoms with Gasteiger partial charge in [0.1, 0.15) is 17.1 Å². The van der Waals surface area contributed by atoms with Crippen molar-refractivity contribution in [2.24, 2.45) is 13.0 Å². The minimum absolute atomic E-state index is 0.0159. The number of oxazole rings is 1. The van der Waals surface area contributed by atoms with Crippen LogP contribution in [-0.4, -0.2) is 26.9 Å². The van der Waals surface area contributed by atoms with Crippen LogP contribution in [0.2, 0.25) is 5.02 Å². The molecule has 0 N–H and O–H groups in total. The highest BCUT2D eigenvalue weighted by atomic mass is 35.5. The Morgan fingerprint density at radius 3 is 2.93 bits per heavy atom. The van der Waals surface area contributed by atoms with E-state index in [1.54, 1.807) is 0 Å². The van der Waals surface area contributed by atoms with Crippen molar-refractivity contribution in [1.29, 1.82) is 0 Å². The first-order valence-electron chi connectivity index (χ1n) is 9.44. The summed E-state index contributed by atoms with van der Waals surface area (Å²) < 4.78 is 7.82. The monoisotopic (exact) mass is 385 g/mol. The molecule has 0 radical (unpaired) electrons. The quantitative estimate of drug-likeness (QED) is 0.659. The van der Waals surface area contributed by atoms with E-state index >= 15 is 0 Å². The van der Waals surface area contributed by atoms with Crippen molar-refractivity contribution in [1.82, 2.24) is 14.5 Å². The van der Waals surface area contributed by atoms with Crippen LogP contribution in [-0.2, 0) is 26.4 Å². The topological polar surface area (TPSA) is 51.3 Å². The molecule has 1 aliphatic rings. The highest BCUT2D eigenvalue weighted by Crippen LogP contribution is 2.26. The van der Waals surface area contributed by atoms with E-state index in [2.05, 4.69) is 18.8 Å². The Labute approximate surface area is 163 Å². The zero-order valence-corrected chi connectivity index (χ0v) is 16.7. The fourth-order valence-corrected chi connectivity index (χ4v) is 3.78. The number of halogens is 1. The maximum Gasteiger partial charge on any atom is 0.270 e. The van der Waals surface area contributed by atoms with Gasteiger partial charge in [-0.2, -0.15) is 0 Å². The molecule has 0 spiro atoms. The van der Waals surface area contributed by atoms with Crippen molar-refractivity contribution in [3.05, 3.63) is 52.3 Å². The van der Waals surface area contributed by atoms with Crippen LogP contribution >= 0.6 is 11.6 Å². The van der Waals surface area contributed by atoms with E-state index in [0.717, 1.165) is 41.1 Å². The first kappa shape index (κ1) is 18.1. The average molecular weight is 386 g/mol. The number of rotatable bonds is 4. The van der Waals surface area contributed by atoms with Crippen molar-refractivity contribution in [2.75, 3.05) is 6.54 Å². The Hall–Kier alpha value is -2.27. The maximum atomic E-state index is 13.1. The van der Waals surface area contributed by atoms with E-state index in [-0.39, 0.29) is 5.91 Å². The van der Waals surface area contributed by atoms with Crippen molar-refractivity contribution >= 4 is 28.4 Å². The summed E-state index contributed by atoms with van der Waals surface area (Å²) in [5, 5.41) is 1.68. The van der Waals surface area contributed by atoms with E-state index in [4.69, 9.17) is 16.0 Å². The average Bonchev–Trinajstić information content (AvgIpc) is 3.20. The third-order valence-electron chi connectivity index (χ3n) is 5.22. The summed E-state index contributed by atoms with van der Waals surface area (Å²) in [4.78, 5) is 19.6. The molecule has 2 aromatic heterocycles. The molecule has 1 amide bonds. The molecule has 142 valence electrons. The molecule has 0 unspecified atom stereocenters. The molecule has 0 saturated carbocycles. The zero-order valence-electron chi connectivity index (χ0n) is 16.0. The summed E-state index contributed by atoms with van der Waals surface area (Å²) in [6.07, 6.45) is 2.62. The van der Waals surface area contributed by atoms with Crippen molar-refractivity contribution in [3.8, 4) is 0 Å². The van der Waals surface area contributed by atoms with Gasteiger partial charge < -0.3 is 13.9 Å². The Bertz CT molecular complexity index is 1000. The fourth-order valence-electron chi connectivity index (χ4n) is 3.61. The first-order valence-corrected chi connectivity index (χ1v) is 9.82. The van der Waals surface area contributed by atoms with Gasteiger partial charge in [0, 0.05) is 42.4 Å². The van der Waals surface area contributed by atoms with Gasteiger partial charge in [0.05, 0.1) is 6.54 Å². The molecule has 3 aromatic rings. The van der Waals surface area contributed by atoms with Gasteiger partial charge >= 0.3 is 0 Å². The molecule has 27 heavy (non-hydrogen) atoms. The highest BCUT2D eigenvalue weighted by molar-refractivity contribution is 6.31. The van der Waals surface area contributed by atoms with Gasteiger partial charge in [-0.3, -0.25) is 4.79 Å². The second-order valence-corrected chi connectivity index (χ2v) is 8.11. The summed E-state index contributed by atoms with van der Waals surface area (Å²) in [7, 11) is 1.90. The summed E-state index contributed by atoms with van der Waals surface area (Å²) in [6, 6.07) is 7.61. The summed E-state index contributed by atoms with van der Waals surface area (Å²) >= 11 is 6.10. The van der Waals surface area contributed by atoms with E-state index in [1.165, 1.54) is 0 Å². The molecule has 1 aromatic carbocycles. The standard InChI is InChI=1S/C21H24ClN3O2/c1-13(2)4-7-20-23-16-12-25(9-8-19(16)27-20)21(26)18-10-14-5-6-15(22)11-17(14)24(18)3/h5-6,10-11,13H,4,7-9,12H2,1-3H3. The lowest BCUT2D eigenvalue weighted by Crippen LogP contribution is -2.36. The summed E-state index contributed by atoms with van der Waals surface area (Å²) in [5.74, 6) is 2.36. The number of carbonyl (C=O) groups is 1. The first-order chi connectivity index (χ1) is 12.9. The Balaban J connectivity index is 1.55. The van der Waals surface area contributed by atoms with Crippen LogP contribution in [0.25, 0.3) is 10.9 Å². The van der Waals surface area contributed by atoms with Gasteiger partial charge in [0.15, 0.2) is 5.89 Å². The van der Waals surface area contributed by atoms with Gasteiger partial charge in [-0.1, -0.05) is 31.5 Å². The molecule has 0 fully saturated rings. The van der Waals surface area contributed by atoms with Crippen LogP contribution in [0.4, 0.5) is 0 Å². The molecular weight excluding hydrogens is 362 g/mol. The number of nitrogens with zero attached hydrogens (tertiary/aromatic N) is 3. The number of carbonyl (C=O) groups excluding carboxylic acids is 1. The molecule has 0 saturated heterocycles. The Morgan fingerprint density at radius 2 is 2.15 bits per heavy atom. The lowest BCUT2D eigenvalue weighted by molar-refractivity contribution is 0.0718. The molecule has 1 aliphatic heterocycles. The largest absolute Gasteiger partial charge is 0.445 e. The molecule has 0 bridgehead atoms. The summed E-state index contributed by atoms with van der Waals surface area (Å²) in [5.41, 5.74) is 2.52. The number of hydrogen-bond donors (Lipinski definition) is 0. The third kappa shape index (κ3) is 3.48. The number of amides is 1. The van der Waals surface area contributed by atoms with Crippen LogP contribution in [0.1, 0.15) is 48.1 Å². The van der Waals surface area contributed by atoms with Crippen LogP contribution in [0, 0.1) is 5.92 Å². The predicted octanol–water partition coefficient (Wildman–Crippen LogP) is 4.61. The fraction of sp³-hybridized carbons (Fsp3) is 0.429. The SMILES string of the molecule is CC(C)CCc1nc2c(o1)CCN(C(=O)c1cc3ccc(Cl)cc3n1C)C2. The predicted molar refractivity (Wildman–Crippen MR) is 106 cm³/mol. The van der Waals surface area contributed by atoms with Gasteiger partial charge in [-0.05, 0) is 30.5 Å². The lowest BCUT2D eigenvalue weighted by Gasteiger charge is -2.25. The van der Waals surface area contributed by atoms with Gasteiger partial charge in [0.25, 0.3) is 5.91 Å². The second-order valence-electron chi connectivity index (χ2n) is 7.68. The van der Waals surface area contributed by atoms with Gasteiger partial charge in [-0.15, -0.1) is 0 Å². The molecule has 0 atom stereocenters. The zero-order chi connectivity index (χ0) is 19.1. The van der Waals surface area contributed by atoms with Crippen molar-refractivity contribution < 1.29 is 9.21 Å². The number of benzene rings is 1. The lowest BCUT2D eigenvalue weighted by atomic mass is 10.1. The molecular formula is C21H24ClN3O2. The molecule has 6 heteroatoms. The minimum Gasteiger partial charge on any atom is -0.445 e. The molecule has 3 heterocycles. The highest BCUT2D eigenvalue weighted by Gasteiger charge is 2.27. The Morgan fingerprint density at radius 1 is 1.33 bits per heavy atom. The van der Waals surface area contributed by atoms with E-state index in [9.17, 15) is 4.79 Å². The van der Waals surface area contributed by atoms with Crippen LogP contribution in [0.15, 0.2) is 28.7 Å². The van der Waals surface area contributed by atoms with Gasteiger partial charge in [0.2, 0.25) is 0 Å². The molecule has 0 aliphatic carbocycles. The van der Waals surface area contributed by atoms with E-state index in [0.29, 0.717) is 36.1 Å². The van der Waals surface area contributed by atoms with Crippen molar-refractivity contribution in [3.63, 3.8) is 0 Å². The maximum absolute atomic E-state index is 13.1. The smallest absolute Gasteiger partial charge is 0.270 e. The summed E-state index contributed by atoms with van der Waals surface area (Å²) in [6.45, 7) is 5.54. The van der Waals surface area contributed by atoms with Crippen LogP contribution in [0.3, 0.4) is 0 Å². The van der Waals surface area contributed by atoms with Gasteiger partial charge in [-0.25, -0.2) is 4.98 Å². The molecule has 4 rings (SSSR count). The number of aromatic nitrogens is 2. The number of fused-ring (bicyclic) bond motifs is 2. The van der Waals surface area contributed by atoms with E-state index < -0.39 is 0 Å². The second kappa shape index (κ2) is 7.04.